The molecule has 0 aromatic carbocycles. The van der Waals surface area contributed by atoms with Crippen LogP contribution < -0.4 is 5.56 Å². The van der Waals surface area contributed by atoms with Crippen LogP contribution in [-0.4, -0.2) is 51.2 Å². The molecule has 2 heterocycles. The number of aromatic nitrogens is 2. The van der Waals surface area contributed by atoms with E-state index >= 15 is 0 Å². The number of thiophene rings is 1. The van der Waals surface area contributed by atoms with E-state index in [2.05, 4.69) is 9.88 Å². The third kappa shape index (κ3) is 5.35. The lowest BCUT2D eigenvalue weighted by atomic mass is 9.94. The van der Waals surface area contributed by atoms with Gasteiger partial charge in [-0.25, -0.2) is 4.98 Å². The average Bonchev–Trinajstić information content (AvgIpc) is 3.33. The molecule has 4 rings (SSSR count). The third-order valence-electron chi connectivity index (χ3n) is 6.40. The topological polar surface area (TPSA) is 95.5 Å². The van der Waals surface area contributed by atoms with Crippen LogP contribution in [0, 0.1) is 0 Å². The van der Waals surface area contributed by atoms with E-state index in [9.17, 15) is 14.7 Å². The van der Waals surface area contributed by atoms with E-state index < -0.39 is 6.10 Å². The minimum Gasteiger partial charge on any atom is -0.463 e. The van der Waals surface area contributed by atoms with Gasteiger partial charge in [-0.15, -0.1) is 11.3 Å². The van der Waals surface area contributed by atoms with Crippen LogP contribution in [0.25, 0.3) is 10.2 Å². The smallest absolute Gasteiger partial charge is 0.305 e. The number of aryl methyl sites for hydroxylation is 2. The number of aliphatic hydroxyl groups excluding tert-OH is 1. The van der Waals surface area contributed by atoms with E-state index in [1.807, 2.05) is 6.92 Å². The van der Waals surface area contributed by atoms with Crippen molar-refractivity contribution < 1.29 is 14.6 Å². The molecule has 2 N–H and O–H groups in total. The van der Waals surface area contributed by atoms with E-state index in [0.717, 1.165) is 48.7 Å². The summed E-state index contributed by atoms with van der Waals surface area (Å²) < 4.78 is 5.21. The van der Waals surface area contributed by atoms with Crippen LogP contribution in [0.2, 0.25) is 0 Å². The summed E-state index contributed by atoms with van der Waals surface area (Å²) in [7, 11) is 0. The highest BCUT2D eigenvalue weighted by Gasteiger charge is 2.26. The molecule has 8 heteroatoms. The van der Waals surface area contributed by atoms with Crippen LogP contribution >= 0.6 is 11.3 Å². The molecule has 31 heavy (non-hydrogen) atoms. The van der Waals surface area contributed by atoms with Crippen molar-refractivity contribution in [1.29, 1.82) is 0 Å². The maximum Gasteiger partial charge on any atom is 0.305 e. The highest BCUT2D eigenvalue weighted by atomic mass is 32.1. The molecule has 0 radical (unpaired) electrons. The summed E-state index contributed by atoms with van der Waals surface area (Å²) in [6, 6.07) is 0.337. The van der Waals surface area contributed by atoms with Crippen molar-refractivity contribution >= 4 is 27.5 Å². The molecule has 1 atom stereocenters. The molecule has 2 aliphatic carbocycles. The molecule has 0 aliphatic heterocycles. The Hall–Kier alpha value is -1.77. The summed E-state index contributed by atoms with van der Waals surface area (Å²) in [5.74, 6) is 0.381. The van der Waals surface area contributed by atoms with Gasteiger partial charge < -0.3 is 14.8 Å². The number of hydrogen-bond acceptors (Lipinski definition) is 7. The highest BCUT2D eigenvalue weighted by molar-refractivity contribution is 7.18. The number of aromatic amines is 1. The van der Waals surface area contributed by atoms with Crippen molar-refractivity contribution in [3.63, 3.8) is 0 Å². The summed E-state index contributed by atoms with van der Waals surface area (Å²) in [5.41, 5.74) is 1.14. The Morgan fingerprint density at radius 2 is 2.10 bits per heavy atom. The number of fused-ring (bicyclic) bond motifs is 3. The fourth-order valence-electron chi connectivity index (χ4n) is 4.89. The Morgan fingerprint density at radius 1 is 1.29 bits per heavy atom. The number of H-pyrrole nitrogens is 1. The first-order valence-electron chi connectivity index (χ1n) is 11.7. The van der Waals surface area contributed by atoms with Crippen molar-refractivity contribution in [2.24, 2.45) is 0 Å². The SMILES string of the molecule is CCCC(=O)OC[C@H](O)CN(Cc1nc2sc3c(c2c(=O)[nH]1)CCC3)C1CCCCC1. The van der Waals surface area contributed by atoms with Gasteiger partial charge in [-0.1, -0.05) is 26.2 Å². The van der Waals surface area contributed by atoms with Gasteiger partial charge in [0.05, 0.1) is 11.9 Å². The van der Waals surface area contributed by atoms with E-state index in [4.69, 9.17) is 9.72 Å². The average molecular weight is 448 g/mol. The molecule has 2 aliphatic rings. The fraction of sp³-hybridized carbons (Fsp3) is 0.696. The molecule has 2 aromatic rings. The lowest BCUT2D eigenvalue weighted by Gasteiger charge is -2.35. The molecule has 0 bridgehead atoms. The molecule has 7 nitrogen and oxygen atoms in total. The van der Waals surface area contributed by atoms with Crippen LogP contribution in [0.3, 0.4) is 0 Å². The van der Waals surface area contributed by atoms with Crippen molar-refractivity contribution in [1.82, 2.24) is 14.9 Å². The molecule has 2 aromatic heterocycles. The zero-order valence-electron chi connectivity index (χ0n) is 18.3. The monoisotopic (exact) mass is 447 g/mol. The first-order valence-corrected chi connectivity index (χ1v) is 12.5. The molecule has 1 saturated carbocycles. The first kappa shape index (κ1) is 22.4. The number of rotatable bonds is 9. The Labute approximate surface area is 186 Å². The van der Waals surface area contributed by atoms with E-state index in [1.54, 1.807) is 11.3 Å². The molecular weight excluding hydrogens is 414 g/mol. The van der Waals surface area contributed by atoms with Crippen molar-refractivity contribution in [3.8, 4) is 0 Å². The minimum atomic E-state index is -0.760. The van der Waals surface area contributed by atoms with E-state index in [1.165, 1.54) is 29.7 Å². The van der Waals surface area contributed by atoms with Crippen LogP contribution in [0.5, 0.6) is 0 Å². The van der Waals surface area contributed by atoms with Crippen LogP contribution in [0.4, 0.5) is 0 Å². The third-order valence-corrected chi connectivity index (χ3v) is 7.59. The largest absolute Gasteiger partial charge is 0.463 e. The number of carbonyl (C=O) groups excluding carboxylic acids is 1. The molecule has 0 saturated heterocycles. The number of aliphatic hydroxyl groups is 1. The second kappa shape index (κ2) is 10.2. The zero-order chi connectivity index (χ0) is 21.8. The number of ether oxygens (including phenoxy) is 1. The fourth-order valence-corrected chi connectivity index (χ4v) is 6.17. The predicted molar refractivity (Wildman–Crippen MR) is 121 cm³/mol. The van der Waals surface area contributed by atoms with Gasteiger partial charge in [0, 0.05) is 23.9 Å². The van der Waals surface area contributed by atoms with Gasteiger partial charge in [-0.05, 0) is 44.1 Å². The van der Waals surface area contributed by atoms with E-state index in [-0.39, 0.29) is 18.1 Å². The maximum atomic E-state index is 12.8. The summed E-state index contributed by atoms with van der Waals surface area (Å²) in [5, 5.41) is 11.3. The van der Waals surface area contributed by atoms with Gasteiger partial charge in [-0.3, -0.25) is 14.5 Å². The summed E-state index contributed by atoms with van der Waals surface area (Å²) in [6.45, 7) is 2.81. The maximum absolute atomic E-state index is 12.8. The molecule has 0 unspecified atom stereocenters. The Balaban J connectivity index is 1.49. The van der Waals surface area contributed by atoms with Gasteiger partial charge in [0.25, 0.3) is 5.56 Å². The van der Waals surface area contributed by atoms with Gasteiger partial charge in [-0.2, -0.15) is 0 Å². The lowest BCUT2D eigenvalue weighted by molar-refractivity contribution is -0.147. The van der Waals surface area contributed by atoms with Crippen LogP contribution in [-0.2, 0) is 28.9 Å². The second-order valence-corrected chi connectivity index (χ2v) is 9.94. The highest BCUT2D eigenvalue weighted by Crippen LogP contribution is 2.34. The number of nitrogens with zero attached hydrogens (tertiary/aromatic N) is 2. The number of carbonyl (C=O) groups is 1. The minimum absolute atomic E-state index is 0.00266. The number of hydrogen-bond donors (Lipinski definition) is 2. The Kier molecular flexibility index (Phi) is 7.40. The van der Waals surface area contributed by atoms with Gasteiger partial charge in [0.15, 0.2) is 0 Å². The number of esters is 1. The predicted octanol–water partition coefficient (Wildman–Crippen LogP) is 3.31. The Morgan fingerprint density at radius 3 is 2.87 bits per heavy atom. The summed E-state index contributed by atoms with van der Waals surface area (Å²) in [4.78, 5) is 36.6. The van der Waals surface area contributed by atoms with Crippen LogP contribution in [0.1, 0.15) is 74.6 Å². The molecular formula is C23H33N3O4S. The van der Waals surface area contributed by atoms with Crippen molar-refractivity contribution in [3.05, 3.63) is 26.6 Å². The van der Waals surface area contributed by atoms with Crippen LogP contribution in [0.15, 0.2) is 4.79 Å². The number of nitrogens with one attached hydrogen (secondary N) is 1. The van der Waals surface area contributed by atoms with Crippen molar-refractivity contribution in [2.45, 2.75) is 89.8 Å². The molecule has 0 amide bonds. The van der Waals surface area contributed by atoms with Crippen molar-refractivity contribution in [2.75, 3.05) is 13.2 Å². The van der Waals surface area contributed by atoms with Gasteiger partial charge >= 0.3 is 5.97 Å². The lowest BCUT2D eigenvalue weighted by Crippen LogP contribution is -2.43. The molecule has 0 spiro atoms. The second-order valence-electron chi connectivity index (χ2n) is 8.86. The summed E-state index contributed by atoms with van der Waals surface area (Å²) in [6.07, 6.45) is 9.20. The van der Waals surface area contributed by atoms with E-state index in [0.29, 0.717) is 31.4 Å². The Bertz CT molecular complexity index is 964. The normalized spacial score (nSPS) is 17.9. The molecule has 1 fully saturated rings. The summed E-state index contributed by atoms with van der Waals surface area (Å²) >= 11 is 1.65. The quantitative estimate of drug-likeness (QED) is 0.573. The first-order chi connectivity index (χ1) is 15.0. The van der Waals surface area contributed by atoms with Gasteiger partial charge in [0.2, 0.25) is 0 Å². The molecule has 170 valence electrons. The zero-order valence-corrected chi connectivity index (χ0v) is 19.1. The standard InChI is InChI=1S/C23H33N3O4S/c1-2-7-20(28)30-14-16(27)12-26(15-8-4-3-5-9-15)13-19-24-22(29)21-17-10-6-11-18(17)31-23(21)25-19/h15-16,27H,2-14H2,1H3,(H,24,25,29)/t16-/m1/s1. The van der Waals surface area contributed by atoms with Gasteiger partial charge in [0.1, 0.15) is 23.4 Å².